The first-order chi connectivity index (χ1) is 13.3. The lowest BCUT2D eigenvalue weighted by molar-refractivity contribution is -0.384. The van der Waals surface area contributed by atoms with E-state index in [4.69, 9.17) is 4.74 Å². The topological polar surface area (TPSA) is 119 Å². The van der Waals surface area contributed by atoms with Gasteiger partial charge < -0.3 is 10.1 Å². The molecule has 2 aromatic rings. The fourth-order valence-corrected chi connectivity index (χ4v) is 4.53. The molecule has 0 radical (unpaired) electrons. The van der Waals surface area contributed by atoms with Gasteiger partial charge in [-0.1, -0.05) is 6.07 Å². The van der Waals surface area contributed by atoms with Gasteiger partial charge in [-0.25, -0.2) is 8.42 Å². The van der Waals surface area contributed by atoms with E-state index in [1.807, 2.05) is 0 Å². The summed E-state index contributed by atoms with van der Waals surface area (Å²) >= 11 is 0. The summed E-state index contributed by atoms with van der Waals surface area (Å²) in [6, 6.07) is 9.58. The van der Waals surface area contributed by atoms with Gasteiger partial charge in [0.25, 0.3) is 11.6 Å². The van der Waals surface area contributed by atoms with E-state index in [1.54, 1.807) is 0 Å². The number of carbonyl (C=O) groups is 1. The minimum Gasteiger partial charge on any atom is -0.494 e. The fourth-order valence-electron chi connectivity index (χ4n) is 2.97. The van der Waals surface area contributed by atoms with Crippen molar-refractivity contribution in [3.05, 3.63) is 58.1 Å². The minimum absolute atomic E-state index is 0.0534. The Kier molecular flexibility index (Phi) is 5.61. The molecular weight excluding hydrogens is 386 g/mol. The van der Waals surface area contributed by atoms with Crippen molar-refractivity contribution < 1.29 is 22.9 Å². The van der Waals surface area contributed by atoms with E-state index in [-0.39, 0.29) is 27.6 Å². The summed E-state index contributed by atoms with van der Waals surface area (Å²) in [5.41, 5.74) is 0.222. The highest BCUT2D eigenvalue weighted by atomic mass is 32.2. The molecule has 2 aromatic carbocycles. The van der Waals surface area contributed by atoms with Gasteiger partial charge in [0.15, 0.2) is 0 Å². The van der Waals surface area contributed by atoms with Crippen LogP contribution >= 0.6 is 0 Å². The molecule has 148 valence electrons. The SMILES string of the molecule is COc1cc([N+](=O)[O-])ccc1NC(=O)c1cccc(S(=O)(=O)N2CCCC2)c1. The molecule has 0 bridgehead atoms. The number of nitro benzene ring substituents is 1. The summed E-state index contributed by atoms with van der Waals surface area (Å²) in [4.78, 5) is 22.9. The van der Waals surface area contributed by atoms with Crippen LogP contribution in [0.1, 0.15) is 23.2 Å². The molecule has 1 N–H and O–H groups in total. The minimum atomic E-state index is -3.64. The predicted molar refractivity (Wildman–Crippen MR) is 102 cm³/mol. The summed E-state index contributed by atoms with van der Waals surface area (Å²) in [7, 11) is -2.31. The van der Waals surface area contributed by atoms with E-state index in [0.29, 0.717) is 13.1 Å². The zero-order valence-electron chi connectivity index (χ0n) is 15.1. The van der Waals surface area contributed by atoms with Crippen LogP contribution in [0.2, 0.25) is 0 Å². The lowest BCUT2D eigenvalue weighted by Crippen LogP contribution is -2.28. The van der Waals surface area contributed by atoms with Gasteiger partial charge in [0.05, 0.1) is 28.7 Å². The van der Waals surface area contributed by atoms with Crippen LogP contribution in [0.3, 0.4) is 0 Å². The number of nitrogens with zero attached hydrogens (tertiary/aromatic N) is 2. The highest BCUT2D eigenvalue weighted by molar-refractivity contribution is 7.89. The lowest BCUT2D eigenvalue weighted by atomic mass is 10.2. The summed E-state index contributed by atoms with van der Waals surface area (Å²) in [5.74, 6) is -0.422. The van der Waals surface area contributed by atoms with Crippen molar-refractivity contribution in [2.24, 2.45) is 0 Å². The highest BCUT2D eigenvalue weighted by Gasteiger charge is 2.27. The molecule has 0 aromatic heterocycles. The van der Waals surface area contributed by atoms with E-state index in [1.165, 1.54) is 53.9 Å². The third-order valence-electron chi connectivity index (χ3n) is 4.44. The van der Waals surface area contributed by atoms with Gasteiger partial charge in [-0.05, 0) is 37.1 Å². The second-order valence-corrected chi connectivity index (χ2v) is 8.17. The van der Waals surface area contributed by atoms with E-state index in [2.05, 4.69) is 5.32 Å². The maximum atomic E-state index is 12.7. The molecular formula is C18H19N3O6S. The molecule has 28 heavy (non-hydrogen) atoms. The van der Waals surface area contributed by atoms with Crippen LogP contribution in [-0.4, -0.2) is 43.8 Å². The fraction of sp³-hybridized carbons (Fsp3) is 0.278. The van der Waals surface area contributed by atoms with Crippen LogP contribution < -0.4 is 10.1 Å². The number of methoxy groups -OCH3 is 1. The van der Waals surface area contributed by atoms with Crippen LogP contribution in [0.4, 0.5) is 11.4 Å². The molecule has 0 saturated carbocycles. The molecule has 1 saturated heterocycles. The molecule has 1 amide bonds. The van der Waals surface area contributed by atoms with Gasteiger partial charge in [0.2, 0.25) is 10.0 Å². The molecule has 3 rings (SSSR count). The number of nitro groups is 1. The average Bonchev–Trinajstić information content (AvgIpc) is 3.24. The van der Waals surface area contributed by atoms with Crippen LogP contribution in [0, 0.1) is 10.1 Å². The van der Waals surface area contributed by atoms with Gasteiger partial charge >= 0.3 is 0 Å². The third-order valence-corrected chi connectivity index (χ3v) is 6.34. The van der Waals surface area contributed by atoms with Crippen LogP contribution in [0.15, 0.2) is 47.4 Å². The molecule has 1 heterocycles. The van der Waals surface area contributed by atoms with Crippen molar-refractivity contribution in [2.75, 3.05) is 25.5 Å². The maximum absolute atomic E-state index is 12.7. The maximum Gasteiger partial charge on any atom is 0.273 e. The van der Waals surface area contributed by atoms with Crippen LogP contribution in [-0.2, 0) is 10.0 Å². The summed E-state index contributed by atoms with van der Waals surface area (Å²) in [5, 5.41) is 13.5. The average molecular weight is 405 g/mol. The molecule has 0 aliphatic carbocycles. The molecule has 1 fully saturated rings. The summed E-state index contributed by atoms with van der Waals surface area (Å²) in [6.07, 6.45) is 1.64. The molecule has 0 atom stereocenters. The number of anilines is 1. The Hall–Kier alpha value is -2.98. The Labute approximate surface area is 162 Å². The van der Waals surface area contributed by atoms with E-state index in [9.17, 15) is 23.3 Å². The third kappa shape index (κ3) is 3.97. The normalized spacial score (nSPS) is 14.6. The number of non-ortho nitro benzene ring substituents is 1. The number of nitrogens with one attached hydrogen (secondary N) is 1. The zero-order valence-corrected chi connectivity index (χ0v) is 15.9. The molecule has 9 nitrogen and oxygen atoms in total. The quantitative estimate of drug-likeness (QED) is 0.583. The zero-order chi connectivity index (χ0) is 20.3. The number of hydrogen-bond acceptors (Lipinski definition) is 6. The van der Waals surface area contributed by atoms with Gasteiger partial charge in [0.1, 0.15) is 5.75 Å². The van der Waals surface area contributed by atoms with E-state index < -0.39 is 20.9 Å². The van der Waals surface area contributed by atoms with Gasteiger partial charge in [-0.15, -0.1) is 0 Å². The van der Waals surface area contributed by atoms with Gasteiger partial charge in [-0.3, -0.25) is 14.9 Å². The second kappa shape index (κ2) is 7.95. The first-order valence-corrected chi connectivity index (χ1v) is 10.0. The number of carbonyl (C=O) groups excluding carboxylic acids is 1. The van der Waals surface area contributed by atoms with Gasteiger partial charge in [-0.2, -0.15) is 4.31 Å². The molecule has 1 aliphatic heterocycles. The number of hydrogen-bond donors (Lipinski definition) is 1. The highest BCUT2D eigenvalue weighted by Crippen LogP contribution is 2.29. The Balaban J connectivity index is 1.85. The first kappa shape index (κ1) is 19.8. The summed E-state index contributed by atoms with van der Waals surface area (Å²) < 4.78 is 31.9. The van der Waals surface area contributed by atoms with Crippen molar-refractivity contribution in [3.63, 3.8) is 0 Å². The number of benzene rings is 2. The van der Waals surface area contributed by atoms with Gasteiger partial charge in [0, 0.05) is 24.7 Å². The van der Waals surface area contributed by atoms with Crippen molar-refractivity contribution in [1.82, 2.24) is 4.31 Å². The van der Waals surface area contributed by atoms with Crippen molar-refractivity contribution in [3.8, 4) is 5.75 Å². The molecule has 0 unspecified atom stereocenters. The lowest BCUT2D eigenvalue weighted by Gasteiger charge is -2.16. The Morgan fingerprint density at radius 3 is 2.54 bits per heavy atom. The monoisotopic (exact) mass is 405 g/mol. The number of ether oxygens (including phenoxy) is 1. The Morgan fingerprint density at radius 1 is 1.18 bits per heavy atom. The predicted octanol–water partition coefficient (Wildman–Crippen LogP) is 2.64. The van der Waals surface area contributed by atoms with E-state index >= 15 is 0 Å². The van der Waals surface area contributed by atoms with Crippen LogP contribution in [0.25, 0.3) is 0 Å². The summed E-state index contributed by atoms with van der Waals surface area (Å²) in [6.45, 7) is 0.942. The number of amides is 1. The van der Waals surface area contributed by atoms with Crippen molar-refractivity contribution >= 4 is 27.3 Å². The molecule has 10 heteroatoms. The standard InChI is InChI=1S/C18H19N3O6S/c1-27-17-12-14(21(23)24)7-8-16(17)19-18(22)13-5-4-6-15(11-13)28(25,26)20-9-2-3-10-20/h4-8,11-12H,2-3,9-10H2,1H3,(H,19,22). The molecule has 1 aliphatic rings. The molecule has 0 spiro atoms. The van der Waals surface area contributed by atoms with E-state index in [0.717, 1.165) is 12.8 Å². The van der Waals surface area contributed by atoms with Crippen molar-refractivity contribution in [2.45, 2.75) is 17.7 Å². The second-order valence-electron chi connectivity index (χ2n) is 6.23. The number of sulfonamides is 1. The largest absolute Gasteiger partial charge is 0.494 e. The first-order valence-electron chi connectivity index (χ1n) is 8.57. The Bertz CT molecular complexity index is 1020. The number of rotatable bonds is 6. The Morgan fingerprint density at radius 2 is 1.89 bits per heavy atom. The van der Waals surface area contributed by atoms with Crippen LogP contribution in [0.5, 0.6) is 5.75 Å². The van der Waals surface area contributed by atoms with Crippen molar-refractivity contribution in [1.29, 1.82) is 0 Å². The smallest absolute Gasteiger partial charge is 0.273 e.